The van der Waals surface area contributed by atoms with Gasteiger partial charge in [-0.2, -0.15) is 0 Å². The molecule has 1 N–H and O–H groups in total. The maximum atomic E-state index is 13.1. The Balaban J connectivity index is 1.42. The van der Waals surface area contributed by atoms with Gasteiger partial charge in [-0.1, -0.05) is 6.92 Å². The molecule has 2 saturated heterocycles. The monoisotopic (exact) mass is 442 g/mol. The molecule has 3 aliphatic rings. The van der Waals surface area contributed by atoms with Gasteiger partial charge >= 0.3 is 0 Å². The molecule has 2 amide bonds. The average Bonchev–Trinajstić information content (AvgIpc) is 2.83. The van der Waals surface area contributed by atoms with Crippen LogP contribution in [0.1, 0.15) is 69.0 Å². The molecule has 0 radical (unpaired) electrons. The SMILES string of the molecule is CCN1CCC(CC(=O)N2CCC[C@@H](c3nc4c(c(NC)n3)CN(C(C)=O)CC4)C2)CC1. The molecular formula is C24H38N6O2. The van der Waals surface area contributed by atoms with Crippen LogP contribution >= 0.6 is 0 Å². The Bertz CT molecular complexity index is 819. The molecule has 8 heteroatoms. The zero-order chi connectivity index (χ0) is 22.7. The molecule has 8 nitrogen and oxygen atoms in total. The molecule has 4 heterocycles. The summed E-state index contributed by atoms with van der Waals surface area (Å²) in [5.41, 5.74) is 2.07. The summed E-state index contributed by atoms with van der Waals surface area (Å²) in [6.07, 6.45) is 5.71. The number of piperidine rings is 2. The fraction of sp³-hybridized carbons (Fsp3) is 0.750. The van der Waals surface area contributed by atoms with Gasteiger partial charge in [0.1, 0.15) is 11.6 Å². The number of amides is 2. The molecular weight excluding hydrogens is 404 g/mol. The first-order valence-corrected chi connectivity index (χ1v) is 12.3. The Morgan fingerprint density at radius 1 is 1.06 bits per heavy atom. The fourth-order valence-corrected chi connectivity index (χ4v) is 5.39. The lowest BCUT2D eigenvalue weighted by molar-refractivity contribution is -0.134. The topological polar surface area (TPSA) is 81.7 Å². The van der Waals surface area contributed by atoms with Gasteiger partial charge in [-0.05, 0) is 51.2 Å². The van der Waals surface area contributed by atoms with E-state index in [9.17, 15) is 9.59 Å². The van der Waals surface area contributed by atoms with Crippen LogP contribution in [-0.4, -0.2) is 82.8 Å². The molecule has 0 saturated carbocycles. The van der Waals surface area contributed by atoms with Gasteiger partial charge in [0.15, 0.2) is 0 Å². The van der Waals surface area contributed by atoms with Crippen LogP contribution in [0.4, 0.5) is 5.82 Å². The van der Waals surface area contributed by atoms with Gasteiger partial charge < -0.3 is 20.0 Å². The van der Waals surface area contributed by atoms with Crippen molar-refractivity contribution in [2.24, 2.45) is 5.92 Å². The van der Waals surface area contributed by atoms with E-state index in [-0.39, 0.29) is 11.8 Å². The highest BCUT2D eigenvalue weighted by Crippen LogP contribution is 2.31. The molecule has 32 heavy (non-hydrogen) atoms. The van der Waals surface area contributed by atoms with Gasteiger partial charge in [0.2, 0.25) is 11.8 Å². The third-order valence-electron chi connectivity index (χ3n) is 7.52. The Labute approximate surface area is 191 Å². The van der Waals surface area contributed by atoms with Crippen molar-refractivity contribution in [1.82, 2.24) is 24.7 Å². The van der Waals surface area contributed by atoms with Crippen LogP contribution in [0.5, 0.6) is 0 Å². The molecule has 1 aromatic rings. The van der Waals surface area contributed by atoms with Gasteiger partial charge in [0.25, 0.3) is 0 Å². The molecule has 3 aliphatic heterocycles. The van der Waals surface area contributed by atoms with Crippen LogP contribution in [0.2, 0.25) is 0 Å². The summed E-state index contributed by atoms with van der Waals surface area (Å²) in [5.74, 6) is 2.75. The third-order valence-corrected chi connectivity index (χ3v) is 7.52. The first-order chi connectivity index (χ1) is 15.5. The zero-order valence-corrected chi connectivity index (χ0v) is 19.9. The van der Waals surface area contributed by atoms with Gasteiger partial charge in [0, 0.05) is 57.9 Å². The molecule has 0 aromatic carbocycles. The fourth-order valence-electron chi connectivity index (χ4n) is 5.39. The van der Waals surface area contributed by atoms with Crippen molar-refractivity contribution in [2.45, 2.75) is 64.8 Å². The number of rotatable bonds is 5. The van der Waals surface area contributed by atoms with Gasteiger partial charge in [-0.3, -0.25) is 9.59 Å². The van der Waals surface area contributed by atoms with Crippen molar-refractivity contribution in [3.8, 4) is 0 Å². The van der Waals surface area contributed by atoms with Gasteiger partial charge in [-0.25, -0.2) is 9.97 Å². The molecule has 2 fully saturated rings. The minimum absolute atomic E-state index is 0.0867. The van der Waals surface area contributed by atoms with Crippen LogP contribution in [0, 0.1) is 5.92 Å². The second-order valence-electron chi connectivity index (χ2n) is 9.56. The average molecular weight is 443 g/mol. The summed E-state index contributed by atoms with van der Waals surface area (Å²) in [6, 6.07) is 0. The van der Waals surface area contributed by atoms with Crippen molar-refractivity contribution in [2.75, 3.05) is 51.6 Å². The van der Waals surface area contributed by atoms with Crippen molar-refractivity contribution in [3.63, 3.8) is 0 Å². The lowest BCUT2D eigenvalue weighted by Gasteiger charge is -2.35. The highest BCUT2D eigenvalue weighted by molar-refractivity contribution is 5.76. The number of fused-ring (bicyclic) bond motifs is 1. The van der Waals surface area contributed by atoms with E-state index < -0.39 is 0 Å². The number of carbonyl (C=O) groups is 2. The number of aromatic nitrogens is 2. The largest absolute Gasteiger partial charge is 0.373 e. The van der Waals surface area contributed by atoms with E-state index in [2.05, 4.69) is 22.0 Å². The maximum Gasteiger partial charge on any atom is 0.222 e. The van der Waals surface area contributed by atoms with Crippen molar-refractivity contribution >= 4 is 17.6 Å². The Kier molecular flexibility index (Phi) is 7.28. The van der Waals surface area contributed by atoms with E-state index in [4.69, 9.17) is 9.97 Å². The van der Waals surface area contributed by atoms with Crippen molar-refractivity contribution in [3.05, 3.63) is 17.1 Å². The Hall–Kier alpha value is -2.22. The number of hydrogen-bond acceptors (Lipinski definition) is 6. The lowest BCUT2D eigenvalue weighted by Crippen LogP contribution is -2.42. The predicted molar refractivity (Wildman–Crippen MR) is 124 cm³/mol. The van der Waals surface area contributed by atoms with E-state index in [1.807, 2.05) is 11.9 Å². The summed E-state index contributed by atoms with van der Waals surface area (Å²) >= 11 is 0. The zero-order valence-electron chi connectivity index (χ0n) is 19.9. The predicted octanol–water partition coefficient (Wildman–Crippen LogP) is 2.25. The number of nitrogens with zero attached hydrogens (tertiary/aromatic N) is 5. The summed E-state index contributed by atoms with van der Waals surface area (Å²) in [5, 5.41) is 3.22. The number of hydrogen-bond donors (Lipinski definition) is 1. The first kappa shape index (κ1) is 23.0. The highest BCUT2D eigenvalue weighted by Gasteiger charge is 2.31. The minimum Gasteiger partial charge on any atom is -0.373 e. The molecule has 0 bridgehead atoms. The van der Waals surface area contributed by atoms with E-state index in [0.717, 1.165) is 81.2 Å². The van der Waals surface area contributed by atoms with E-state index in [1.165, 1.54) is 0 Å². The molecule has 0 spiro atoms. The number of anilines is 1. The second kappa shape index (κ2) is 10.1. The number of carbonyl (C=O) groups excluding carboxylic acids is 2. The summed E-state index contributed by atoms with van der Waals surface area (Å²) < 4.78 is 0. The number of nitrogens with one attached hydrogen (secondary N) is 1. The Morgan fingerprint density at radius 3 is 2.53 bits per heavy atom. The minimum atomic E-state index is 0.0867. The summed E-state index contributed by atoms with van der Waals surface area (Å²) in [7, 11) is 1.87. The second-order valence-corrected chi connectivity index (χ2v) is 9.56. The first-order valence-electron chi connectivity index (χ1n) is 12.3. The van der Waals surface area contributed by atoms with E-state index in [0.29, 0.717) is 37.9 Å². The van der Waals surface area contributed by atoms with Crippen LogP contribution in [0.25, 0.3) is 0 Å². The van der Waals surface area contributed by atoms with E-state index in [1.54, 1.807) is 6.92 Å². The Morgan fingerprint density at radius 2 is 1.84 bits per heavy atom. The lowest BCUT2D eigenvalue weighted by atomic mass is 9.91. The van der Waals surface area contributed by atoms with Gasteiger partial charge in [-0.15, -0.1) is 0 Å². The quantitative estimate of drug-likeness (QED) is 0.753. The van der Waals surface area contributed by atoms with Crippen LogP contribution in [0.15, 0.2) is 0 Å². The summed E-state index contributed by atoms with van der Waals surface area (Å²) in [4.78, 5) is 41.0. The van der Waals surface area contributed by atoms with Crippen molar-refractivity contribution < 1.29 is 9.59 Å². The van der Waals surface area contributed by atoms with Crippen LogP contribution < -0.4 is 5.32 Å². The standard InChI is InChI=1S/C24H38N6O2/c1-4-28-11-7-18(8-12-28)14-22(32)30-10-5-6-19(15-30)23-26-21-9-13-29(17(2)31)16-20(21)24(25-3)27-23/h18-19H,4-16H2,1-3H3,(H,25,26,27)/t19-/m1/s1. The van der Waals surface area contributed by atoms with E-state index >= 15 is 0 Å². The third kappa shape index (κ3) is 5.05. The smallest absolute Gasteiger partial charge is 0.222 e. The van der Waals surface area contributed by atoms with Gasteiger partial charge in [0.05, 0.1) is 12.2 Å². The normalized spacial score (nSPS) is 22.5. The van der Waals surface area contributed by atoms with Crippen LogP contribution in [-0.2, 0) is 22.6 Å². The molecule has 0 aliphatic carbocycles. The molecule has 4 rings (SSSR count). The summed E-state index contributed by atoms with van der Waals surface area (Å²) in [6.45, 7) is 10.00. The molecule has 1 atom stereocenters. The molecule has 0 unspecified atom stereocenters. The molecule has 176 valence electrons. The number of likely N-dealkylation sites (tertiary alicyclic amines) is 2. The maximum absolute atomic E-state index is 13.1. The van der Waals surface area contributed by atoms with Crippen LogP contribution in [0.3, 0.4) is 0 Å². The van der Waals surface area contributed by atoms with Crippen molar-refractivity contribution in [1.29, 1.82) is 0 Å². The molecule has 1 aromatic heterocycles. The highest BCUT2D eigenvalue weighted by atomic mass is 16.2.